The van der Waals surface area contributed by atoms with Crippen LogP contribution in [0.2, 0.25) is 0 Å². The summed E-state index contributed by atoms with van der Waals surface area (Å²) < 4.78 is 5.55. The van der Waals surface area contributed by atoms with E-state index in [4.69, 9.17) is 15.5 Å². The van der Waals surface area contributed by atoms with Gasteiger partial charge in [0.25, 0.3) is 0 Å². The maximum atomic E-state index is 9.45. The zero-order valence-corrected chi connectivity index (χ0v) is 18.9. The number of ether oxygens (including phenoxy) is 1. The fraction of sp³-hybridized carbons (Fsp3) is 0.375. The van der Waals surface area contributed by atoms with Gasteiger partial charge in [-0.2, -0.15) is 11.2 Å². The summed E-state index contributed by atoms with van der Waals surface area (Å²) in [5.41, 5.74) is 4.23. The molecule has 0 bridgehead atoms. The quantitative estimate of drug-likeness (QED) is 0.314. The number of aromatic nitrogens is 1. The van der Waals surface area contributed by atoms with Crippen molar-refractivity contribution in [2.75, 3.05) is 19.8 Å². The highest BCUT2D eigenvalue weighted by Gasteiger charge is 2.23. The Morgan fingerprint density at radius 3 is 2.67 bits per heavy atom. The number of pyridine rings is 1. The highest BCUT2D eigenvalue weighted by atomic mass is 16.6. The van der Waals surface area contributed by atoms with E-state index in [0.29, 0.717) is 17.8 Å². The monoisotopic (exact) mass is 451 g/mol. The summed E-state index contributed by atoms with van der Waals surface area (Å²) in [6, 6.07) is 9.30. The molecule has 1 aliphatic rings. The summed E-state index contributed by atoms with van der Waals surface area (Å²) in [4.78, 5) is 15.7. The minimum atomic E-state index is -0.258. The van der Waals surface area contributed by atoms with Gasteiger partial charge < -0.3 is 19.8 Å². The van der Waals surface area contributed by atoms with Crippen LogP contribution in [0.4, 0.5) is 0 Å². The normalized spacial score (nSPS) is 14.2. The van der Waals surface area contributed by atoms with Crippen LogP contribution in [0.15, 0.2) is 42.0 Å². The molecule has 9 nitrogen and oxygen atoms in total. The number of nitrogens with two attached hydrogens (primary N) is 1. The maximum Gasteiger partial charge on any atom is 0.246 e. The first-order valence-corrected chi connectivity index (χ1v) is 10.7. The smallest absolute Gasteiger partial charge is 0.246 e. The van der Waals surface area contributed by atoms with Crippen molar-refractivity contribution < 1.29 is 19.8 Å². The number of aliphatic imine (C=N–C) groups is 1. The molecule has 0 saturated heterocycles. The van der Waals surface area contributed by atoms with Gasteiger partial charge >= 0.3 is 0 Å². The van der Waals surface area contributed by atoms with Crippen molar-refractivity contribution in [3.05, 3.63) is 64.9 Å². The molecule has 174 valence electrons. The third-order valence-corrected chi connectivity index (χ3v) is 5.43. The molecule has 0 saturated carbocycles. The minimum absolute atomic E-state index is 0.0791. The van der Waals surface area contributed by atoms with Crippen molar-refractivity contribution in [2.45, 2.75) is 39.0 Å². The average Bonchev–Trinajstić information content (AvgIpc) is 2.82. The fourth-order valence-electron chi connectivity index (χ4n) is 3.67. The summed E-state index contributed by atoms with van der Waals surface area (Å²) >= 11 is 0. The Morgan fingerprint density at radius 1 is 1.27 bits per heavy atom. The molecule has 0 aliphatic carbocycles. The lowest BCUT2D eigenvalue weighted by molar-refractivity contribution is 0.0651. The molecule has 2 aromatic rings. The van der Waals surface area contributed by atoms with Gasteiger partial charge in [-0.05, 0) is 49.1 Å². The Hall–Kier alpha value is -3.29. The van der Waals surface area contributed by atoms with Gasteiger partial charge in [-0.1, -0.05) is 18.7 Å². The lowest BCUT2D eigenvalue weighted by atomic mass is 9.95. The van der Waals surface area contributed by atoms with E-state index in [1.165, 1.54) is 6.20 Å². The highest BCUT2D eigenvalue weighted by molar-refractivity contribution is 5.97. The van der Waals surface area contributed by atoms with Crippen molar-refractivity contribution in [3.8, 4) is 11.9 Å². The first-order chi connectivity index (χ1) is 15.9. The van der Waals surface area contributed by atoms with Crippen LogP contribution in [-0.4, -0.2) is 57.9 Å². The third kappa shape index (κ3) is 5.74. The molecule has 2 heterocycles. The molecule has 1 aromatic carbocycles. The third-order valence-electron chi connectivity index (χ3n) is 5.43. The predicted molar refractivity (Wildman–Crippen MR) is 124 cm³/mol. The number of aliphatic hydroxyl groups is 2. The van der Waals surface area contributed by atoms with Crippen LogP contribution >= 0.6 is 0 Å². The van der Waals surface area contributed by atoms with E-state index in [2.05, 4.69) is 27.5 Å². The lowest BCUT2D eigenvalue weighted by Crippen LogP contribution is -2.43. The Bertz CT molecular complexity index is 1070. The lowest BCUT2D eigenvalue weighted by Gasteiger charge is -2.33. The van der Waals surface area contributed by atoms with Crippen LogP contribution in [0.25, 0.3) is 5.70 Å². The Labute approximate surface area is 193 Å². The average molecular weight is 452 g/mol. The van der Waals surface area contributed by atoms with E-state index in [9.17, 15) is 15.5 Å². The number of hydrogen-bond donors (Lipinski definition) is 3. The first-order valence-electron chi connectivity index (χ1n) is 10.7. The van der Waals surface area contributed by atoms with Gasteiger partial charge in [-0.3, -0.25) is 4.90 Å². The molecule has 0 atom stereocenters. The summed E-state index contributed by atoms with van der Waals surface area (Å²) in [6.45, 7) is 8.98. The maximum absolute atomic E-state index is 9.45. The van der Waals surface area contributed by atoms with Crippen LogP contribution in [0, 0.1) is 11.3 Å². The van der Waals surface area contributed by atoms with E-state index >= 15 is 0 Å². The van der Waals surface area contributed by atoms with E-state index in [1.807, 2.05) is 32.0 Å². The van der Waals surface area contributed by atoms with Gasteiger partial charge in [-0.25, -0.2) is 9.98 Å². The standard InChI is InChI=1S/C24H29N5O4/c1-15(2)32-23-20(10-25)9-21(11-27-23)24(33-26)28-16(3)17-4-5-19-12-29(22(13-30)14-31)7-6-18(19)8-17/h4-5,8-9,11,15,22,30-31H,3,6-7,12-14,26H2,1-2H3. The minimum Gasteiger partial charge on any atom is -0.474 e. The second-order valence-electron chi connectivity index (χ2n) is 8.06. The van der Waals surface area contributed by atoms with Gasteiger partial charge in [0.15, 0.2) is 0 Å². The molecule has 33 heavy (non-hydrogen) atoms. The van der Waals surface area contributed by atoms with E-state index in [1.54, 1.807) is 6.07 Å². The Balaban J connectivity index is 1.82. The molecule has 1 aliphatic heterocycles. The van der Waals surface area contributed by atoms with Gasteiger partial charge in [0, 0.05) is 19.3 Å². The molecule has 0 fully saturated rings. The summed E-state index contributed by atoms with van der Waals surface area (Å²) in [6.07, 6.45) is 2.14. The summed E-state index contributed by atoms with van der Waals surface area (Å²) in [5.74, 6) is 5.78. The highest BCUT2D eigenvalue weighted by Crippen LogP contribution is 2.26. The zero-order valence-electron chi connectivity index (χ0n) is 18.9. The summed E-state index contributed by atoms with van der Waals surface area (Å²) in [5, 5.41) is 28.3. The second kappa shape index (κ2) is 11.0. The number of benzene rings is 1. The van der Waals surface area contributed by atoms with Gasteiger partial charge in [0.2, 0.25) is 11.8 Å². The van der Waals surface area contributed by atoms with Crippen LogP contribution in [0.5, 0.6) is 5.88 Å². The van der Waals surface area contributed by atoms with E-state index in [0.717, 1.165) is 29.7 Å². The van der Waals surface area contributed by atoms with Crippen LogP contribution in [0.1, 0.15) is 41.7 Å². The molecule has 0 spiro atoms. The Kier molecular flexibility index (Phi) is 8.14. The number of hydrogen-bond acceptors (Lipinski definition) is 9. The molecule has 0 amide bonds. The second-order valence-corrected chi connectivity index (χ2v) is 8.06. The van der Waals surface area contributed by atoms with Gasteiger partial charge in [-0.15, -0.1) is 0 Å². The number of rotatable bonds is 8. The van der Waals surface area contributed by atoms with E-state index < -0.39 is 0 Å². The molecule has 0 radical (unpaired) electrons. The van der Waals surface area contributed by atoms with Crippen molar-refractivity contribution in [2.24, 2.45) is 10.9 Å². The van der Waals surface area contributed by atoms with Crippen molar-refractivity contribution in [1.82, 2.24) is 9.88 Å². The van der Waals surface area contributed by atoms with Crippen LogP contribution in [0.3, 0.4) is 0 Å². The molecule has 4 N–H and O–H groups in total. The zero-order chi connectivity index (χ0) is 24.0. The number of nitriles is 1. The number of aliphatic hydroxyl groups excluding tert-OH is 2. The SMILES string of the molecule is C=C(N=C(ON)c1cnc(OC(C)C)c(C#N)c1)c1ccc2c(c1)CCN(C(CO)CO)C2. The largest absolute Gasteiger partial charge is 0.474 e. The number of nitrogens with zero attached hydrogens (tertiary/aromatic N) is 4. The molecular formula is C24H29N5O4. The van der Waals surface area contributed by atoms with Crippen LogP contribution < -0.4 is 10.6 Å². The molecule has 9 heteroatoms. The molecular weight excluding hydrogens is 422 g/mol. The van der Waals surface area contributed by atoms with Gasteiger partial charge in [0.1, 0.15) is 11.6 Å². The van der Waals surface area contributed by atoms with Gasteiger partial charge in [0.05, 0.1) is 36.6 Å². The summed E-state index contributed by atoms with van der Waals surface area (Å²) in [7, 11) is 0. The fourth-order valence-corrected chi connectivity index (χ4v) is 3.67. The predicted octanol–water partition coefficient (Wildman–Crippen LogP) is 1.76. The molecule has 1 aromatic heterocycles. The van der Waals surface area contributed by atoms with Crippen LogP contribution in [-0.2, 0) is 17.8 Å². The van der Waals surface area contributed by atoms with Crippen molar-refractivity contribution in [1.29, 1.82) is 5.26 Å². The first kappa shape index (κ1) is 24.4. The molecule has 3 rings (SSSR count). The van der Waals surface area contributed by atoms with Crippen molar-refractivity contribution in [3.63, 3.8) is 0 Å². The molecule has 0 unspecified atom stereocenters. The van der Waals surface area contributed by atoms with E-state index in [-0.39, 0.29) is 42.7 Å². The number of fused-ring (bicyclic) bond motifs is 1. The Morgan fingerprint density at radius 2 is 2.03 bits per heavy atom. The van der Waals surface area contributed by atoms with Crippen molar-refractivity contribution >= 4 is 11.6 Å². The topological polar surface area (TPSA) is 137 Å².